The van der Waals surface area contributed by atoms with Crippen LogP contribution in [0, 0.1) is 6.92 Å². The number of methoxy groups -OCH3 is 1. The van der Waals surface area contributed by atoms with Crippen LogP contribution in [0.3, 0.4) is 0 Å². The van der Waals surface area contributed by atoms with Crippen molar-refractivity contribution in [2.75, 3.05) is 7.11 Å². The molecular weight excluding hydrogens is 308 g/mol. The van der Waals surface area contributed by atoms with Gasteiger partial charge in [-0.2, -0.15) is 5.10 Å². The fraction of sp³-hybridized carbons (Fsp3) is 0.318. The van der Waals surface area contributed by atoms with Crippen LogP contribution in [0.5, 0.6) is 5.75 Å². The molecule has 0 saturated carbocycles. The lowest BCUT2D eigenvalue weighted by Crippen LogP contribution is -2.00. The monoisotopic (exact) mass is 332 g/mol. The summed E-state index contributed by atoms with van der Waals surface area (Å²) in [5, 5.41) is 4.25. The van der Waals surface area contributed by atoms with Gasteiger partial charge in [-0.15, -0.1) is 0 Å². The Labute approximate surface area is 149 Å². The molecular formula is C22H24N2O. The molecule has 0 radical (unpaired) electrons. The summed E-state index contributed by atoms with van der Waals surface area (Å²) in [6.07, 6.45) is 8.51. The van der Waals surface area contributed by atoms with Gasteiger partial charge in [0.25, 0.3) is 0 Å². The summed E-state index contributed by atoms with van der Waals surface area (Å²) in [5.74, 6) is 1.10. The van der Waals surface area contributed by atoms with Crippen molar-refractivity contribution < 1.29 is 4.74 Å². The second-order valence-corrected chi connectivity index (χ2v) is 6.97. The zero-order valence-electron chi connectivity index (χ0n) is 15.2. The minimum Gasteiger partial charge on any atom is -0.496 e. The standard InChI is InChI=1S/C22H24N2O/c1-15-11-18(20-5-4-6-21(20)22(15)25-3)12-16-7-9-17(10-8-16)19-13-23-24(2)14-19/h7-11,13-14H,4-6,12H2,1-3H3. The van der Waals surface area contributed by atoms with E-state index in [1.165, 1.54) is 46.2 Å². The smallest absolute Gasteiger partial charge is 0.125 e. The van der Waals surface area contributed by atoms with Crippen LogP contribution in [0.15, 0.2) is 42.7 Å². The molecule has 25 heavy (non-hydrogen) atoms. The van der Waals surface area contributed by atoms with Crippen molar-refractivity contribution in [3.05, 3.63) is 70.5 Å². The third-order valence-electron chi connectivity index (χ3n) is 5.22. The SMILES string of the molecule is COc1c(C)cc(Cc2ccc(-c3cnn(C)c3)cc2)c2c1CCC2. The Morgan fingerprint density at radius 2 is 1.84 bits per heavy atom. The van der Waals surface area contributed by atoms with Gasteiger partial charge in [0, 0.05) is 18.8 Å². The van der Waals surface area contributed by atoms with Crippen LogP contribution in [-0.4, -0.2) is 16.9 Å². The Bertz CT molecular complexity index is 907. The number of rotatable bonds is 4. The van der Waals surface area contributed by atoms with Crippen molar-refractivity contribution in [1.82, 2.24) is 9.78 Å². The number of benzene rings is 2. The van der Waals surface area contributed by atoms with Gasteiger partial charge in [-0.05, 0) is 66.0 Å². The second-order valence-electron chi connectivity index (χ2n) is 6.97. The molecule has 1 aliphatic rings. The fourth-order valence-electron chi connectivity index (χ4n) is 4.05. The first kappa shape index (κ1) is 15.9. The molecule has 0 fully saturated rings. The van der Waals surface area contributed by atoms with Gasteiger partial charge in [0.2, 0.25) is 0 Å². The zero-order chi connectivity index (χ0) is 17.4. The molecule has 0 aliphatic heterocycles. The van der Waals surface area contributed by atoms with Crippen molar-refractivity contribution in [2.45, 2.75) is 32.6 Å². The fourth-order valence-corrected chi connectivity index (χ4v) is 4.05. The Morgan fingerprint density at radius 1 is 1.08 bits per heavy atom. The maximum Gasteiger partial charge on any atom is 0.125 e. The molecule has 2 aromatic carbocycles. The molecule has 0 amide bonds. The zero-order valence-corrected chi connectivity index (χ0v) is 15.2. The van der Waals surface area contributed by atoms with E-state index in [0.29, 0.717) is 0 Å². The third-order valence-corrected chi connectivity index (χ3v) is 5.22. The molecule has 3 heteroatoms. The van der Waals surface area contributed by atoms with Crippen molar-refractivity contribution >= 4 is 0 Å². The average molecular weight is 332 g/mol. The van der Waals surface area contributed by atoms with Crippen molar-refractivity contribution in [3.8, 4) is 16.9 Å². The molecule has 0 unspecified atom stereocenters. The Hall–Kier alpha value is -2.55. The first-order valence-electron chi connectivity index (χ1n) is 8.92. The van der Waals surface area contributed by atoms with Gasteiger partial charge in [0.05, 0.1) is 13.3 Å². The number of nitrogens with zero attached hydrogens (tertiary/aromatic N) is 2. The van der Waals surface area contributed by atoms with Crippen LogP contribution in [-0.2, 0) is 26.3 Å². The Morgan fingerprint density at radius 3 is 2.52 bits per heavy atom. The maximum atomic E-state index is 5.65. The maximum absolute atomic E-state index is 5.65. The van der Waals surface area contributed by atoms with Crippen molar-refractivity contribution in [3.63, 3.8) is 0 Å². The Balaban J connectivity index is 1.63. The number of aryl methyl sites for hydroxylation is 2. The molecule has 0 N–H and O–H groups in total. The van der Waals surface area contributed by atoms with E-state index in [0.717, 1.165) is 24.2 Å². The topological polar surface area (TPSA) is 27.1 Å². The van der Waals surface area contributed by atoms with Crippen molar-refractivity contribution in [2.24, 2.45) is 7.05 Å². The van der Waals surface area contributed by atoms with E-state index in [4.69, 9.17) is 4.74 Å². The first-order valence-corrected chi connectivity index (χ1v) is 8.92. The molecule has 4 rings (SSSR count). The van der Waals surface area contributed by atoms with Gasteiger partial charge in [-0.25, -0.2) is 0 Å². The highest BCUT2D eigenvalue weighted by Crippen LogP contribution is 2.37. The lowest BCUT2D eigenvalue weighted by Gasteiger charge is -2.15. The van der Waals surface area contributed by atoms with Gasteiger partial charge >= 0.3 is 0 Å². The first-order chi connectivity index (χ1) is 12.2. The predicted octanol–water partition coefficient (Wildman–Crippen LogP) is 4.48. The van der Waals surface area contributed by atoms with E-state index >= 15 is 0 Å². The minimum absolute atomic E-state index is 0.987. The predicted molar refractivity (Wildman–Crippen MR) is 101 cm³/mol. The van der Waals surface area contributed by atoms with Crippen LogP contribution in [0.1, 0.15) is 34.2 Å². The second kappa shape index (κ2) is 6.40. The normalized spacial score (nSPS) is 13.1. The summed E-state index contributed by atoms with van der Waals surface area (Å²) in [4.78, 5) is 0. The molecule has 0 spiro atoms. The quantitative estimate of drug-likeness (QED) is 0.704. The third kappa shape index (κ3) is 2.95. The summed E-state index contributed by atoms with van der Waals surface area (Å²) in [7, 11) is 3.74. The van der Waals surface area contributed by atoms with Crippen molar-refractivity contribution in [1.29, 1.82) is 0 Å². The van der Waals surface area contributed by atoms with E-state index in [2.05, 4.69) is 48.6 Å². The van der Waals surface area contributed by atoms with E-state index in [-0.39, 0.29) is 0 Å². The number of hydrogen-bond acceptors (Lipinski definition) is 2. The van der Waals surface area contributed by atoms with Crippen LogP contribution >= 0.6 is 0 Å². The largest absolute Gasteiger partial charge is 0.496 e. The summed E-state index contributed by atoms with van der Waals surface area (Å²) >= 11 is 0. The number of aromatic nitrogens is 2. The lowest BCUT2D eigenvalue weighted by atomic mass is 9.93. The van der Waals surface area contributed by atoms with Crippen LogP contribution in [0.25, 0.3) is 11.1 Å². The van der Waals surface area contributed by atoms with Gasteiger partial charge in [0.15, 0.2) is 0 Å². The van der Waals surface area contributed by atoms with Crippen LogP contribution in [0.4, 0.5) is 0 Å². The summed E-state index contributed by atoms with van der Waals surface area (Å²) in [6, 6.07) is 11.2. The molecule has 0 bridgehead atoms. The molecule has 0 atom stereocenters. The Kier molecular flexibility index (Phi) is 4.08. The molecule has 3 nitrogen and oxygen atoms in total. The van der Waals surface area contributed by atoms with Crippen LogP contribution < -0.4 is 4.74 Å². The highest BCUT2D eigenvalue weighted by atomic mass is 16.5. The summed E-state index contributed by atoms with van der Waals surface area (Å²) in [6.45, 7) is 2.16. The van der Waals surface area contributed by atoms with Gasteiger partial charge < -0.3 is 4.74 Å². The van der Waals surface area contributed by atoms with Gasteiger partial charge in [0.1, 0.15) is 5.75 Å². The van der Waals surface area contributed by atoms with Gasteiger partial charge in [-0.1, -0.05) is 30.3 Å². The van der Waals surface area contributed by atoms with Gasteiger partial charge in [-0.3, -0.25) is 4.68 Å². The highest BCUT2D eigenvalue weighted by Gasteiger charge is 2.21. The number of ether oxygens (including phenoxy) is 1. The number of hydrogen-bond donors (Lipinski definition) is 0. The molecule has 1 heterocycles. The van der Waals surface area contributed by atoms with Crippen LogP contribution in [0.2, 0.25) is 0 Å². The average Bonchev–Trinajstić information content (AvgIpc) is 3.25. The molecule has 1 aromatic heterocycles. The highest BCUT2D eigenvalue weighted by molar-refractivity contribution is 5.62. The summed E-state index contributed by atoms with van der Waals surface area (Å²) < 4.78 is 7.49. The van der Waals surface area contributed by atoms with E-state index in [1.54, 1.807) is 7.11 Å². The molecule has 3 aromatic rings. The van der Waals surface area contributed by atoms with E-state index < -0.39 is 0 Å². The molecule has 128 valence electrons. The number of fused-ring (bicyclic) bond motifs is 1. The molecule has 0 saturated heterocycles. The summed E-state index contributed by atoms with van der Waals surface area (Å²) in [5.41, 5.74) is 9.39. The molecule has 1 aliphatic carbocycles. The van der Waals surface area contributed by atoms with E-state index in [1.807, 2.05) is 17.9 Å². The van der Waals surface area contributed by atoms with E-state index in [9.17, 15) is 0 Å². The minimum atomic E-state index is 0.987. The lowest BCUT2D eigenvalue weighted by molar-refractivity contribution is 0.407.